The number of nitriles is 1. The van der Waals surface area contributed by atoms with Crippen molar-refractivity contribution < 1.29 is 22.7 Å². The molecule has 0 saturated heterocycles. The number of alkyl halides is 3. The summed E-state index contributed by atoms with van der Waals surface area (Å²) in [6, 6.07) is 7.38. The molecule has 0 aliphatic carbocycles. The van der Waals surface area contributed by atoms with Crippen LogP contribution in [0, 0.1) is 11.3 Å². The van der Waals surface area contributed by atoms with Crippen molar-refractivity contribution >= 4 is 43.4 Å². The zero-order chi connectivity index (χ0) is 19.8. The van der Waals surface area contributed by atoms with Crippen molar-refractivity contribution in [3.63, 3.8) is 0 Å². The highest BCUT2D eigenvalue weighted by Gasteiger charge is 2.57. The van der Waals surface area contributed by atoms with Crippen LogP contribution in [0.15, 0.2) is 27.1 Å². The Hall–Kier alpha value is -2.16. The second-order valence-electron chi connectivity index (χ2n) is 5.66. The lowest BCUT2D eigenvalue weighted by atomic mass is 10.0. The topological polar surface area (TPSA) is 95.0 Å². The third-order valence-electron chi connectivity index (χ3n) is 4.00. The third kappa shape index (κ3) is 3.52. The van der Waals surface area contributed by atoms with Gasteiger partial charge in [0.1, 0.15) is 10.9 Å². The lowest BCUT2D eigenvalue weighted by Gasteiger charge is -2.25. The first-order valence-electron chi connectivity index (χ1n) is 7.67. The zero-order valence-electron chi connectivity index (χ0n) is 13.8. The van der Waals surface area contributed by atoms with Gasteiger partial charge in [-0.25, -0.2) is 0 Å². The van der Waals surface area contributed by atoms with Gasteiger partial charge in [-0.1, -0.05) is 24.2 Å². The lowest BCUT2D eigenvalue weighted by Crippen LogP contribution is -2.42. The summed E-state index contributed by atoms with van der Waals surface area (Å²) in [5.74, 6) is -0.906. The summed E-state index contributed by atoms with van der Waals surface area (Å²) in [5.41, 5.74) is -2.38. The van der Waals surface area contributed by atoms with E-state index in [1.807, 2.05) is 18.2 Å². The molecule has 27 heavy (non-hydrogen) atoms. The molecule has 2 N–H and O–H groups in total. The minimum atomic E-state index is -4.93. The van der Waals surface area contributed by atoms with E-state index in [0.717, 1.165) is 20.1 Å². The summed E-state index contributed by atoms with van der Waals surface area (Å²) in [4.78, 5) is 0.558. The number of benzene rings is 1. The Labute approximate surface area is 163 Å². The molecule has 0 aliphatic rings. The van der Waals surface area contributed by atoms with E-state index in [9.17, 15) is 18.3 Å². The Morgan fingerprint density at radius 1 is 1.37 bits per heavy atom. The van der Waals surface area contributed by atoms with Crippen LogP contribution < -0.4 is 5.32 Å². The number of rotatable bonds is 5. The largest absolute Gasteiger partial charge is 0.426 e. The Morgan fingerprint density at radius 3 is 2.74 bits per heavy atom. The normalized spacial score (nSPS) is 14.1. The summed E-state index contributed by atoms with van der Waals surface area (Å²) >= 11 is 4.71. The monoisotopic (exact) mass is 460 g/mol. The number of aliphatic hydroxyl groups is 1. The van der Waals surface area contributed by atoms with Gasteiger partial charge >= 0.3 is 12.2 Å². The number of nitrogens with zero attached hydrogens (tertiary/aromatic N) is 3. The van der Waals surface area contributed by atoms with E-state index >= 15 is 0 Å². The molecule has 0 amide bonds. The van der Waals surface area contributed by atoms with Gasteiger partial charge in [-0.2, -0.15) is 18.4 Å². The number of nitrogens with one attached hydrogen (secondary N) is 1. The van der Waals surface area contributed by atoms with Crippen LogP contribution in [0.25, 0.3) is 10.1 Å². The Morgan fingerprint density at radius 2 is 2.11 bits per heavy atom. The van der Waals surface area contributed by atoms with Crippen molar-refractivity contribution in [2.45, 2.75) is 31.7 Å². The van der Waals surface area contributed by atoms with Gasteiger partial charge in [0.05, 0.1) is 4.47 Å². The van der Waals surface area contributed by atoms with Crippen molar-refractivity contribution in [2.75, 3.05) is 5.32 Å². The van der Waals surface area contributed by atoms with Crippen molar-refractivity contribution in [3.05, 3.63) is 39.0 Å². The van der Waals surface area contributed by atoms with E-state index in [1.165, 1.54) is 18.3 Å². The first-order valence-corrected chi connectivity index (χ1v) is 9.28. The van der Waals surface area contributed by atoms with Crippen LogP contribution in [-0.2, 0) is 12.1 Å². The summed E-state index contributed by atoms with van der Waals surface area (Å²) in [7, 11) is 0. The number of hydrogen-bond donors (Lipinski definition) is 2. The molecule has 2 aromatic heterocycles. The predicted octanol–water partition coefficient (Wildman–Crippen LogP) is 4.69. The highest BCUT2D eigenvalue weighted by atomic mass is 79.9. The van der Waals surface area contributed by atoms with Crippen molar-refractivity contribution in [1.82, 2.24) is 10.2 Å². The number of fused-ring (bicyclic) bond motifs is 1. The third-order valence-corrected chi connectivity index (χ3v) is 6.14. The van der Waals surface area contributed by atoms with E-state index in [2.05, 4.69) is 37.5 Å². The van der Waals surface area contributed by atoms with Crippen LogP contribution in [-0.4, -0.2) is 21.5 Å². The molecule has 2 heterocycles. The molecule has 0 radical (unpaired) electrons. The van der Waals surface area contributed by atoms with Crippen molar-refractivity contribution in [2.24, 2.45) is 0 Å². The Balaban J connectivity index is 1.77. The van der Waals surface area contributed by atoms with Crippen LogP contribution in [0.1, 0.15) is 29.7 Å². The van der Waals surface area contributed by atoms with Gasteiger partial charge in [-0.15, -0.1) is 16.4 Å². The summed E-state index contributed by atoms with van der Waals surface area (Å²) in [6.07, 6.45) is -5.58. The zero-order valence-corrected chi connectivity index (χ0v) is 16.2. The van der Waals surface area contributed by atoms with Crippen molar-refractivity contribution in [1.29, 1.82) is 5.26 Å². The van der Waals surface area contributed by atoms with Gasteiger partial charge in [0.2, 0.25) is 5.60 Å². The number of anilines is 1. The molecule has 0 aliphatic heterocycles. The quantitative estimate of drug-likeness (QED) is 0.573. The number of thiophene rings is 1. The smallest absolute Gasteiger partial charge is 0.405 e. The van der Waals surface area contributed by atoms with Gasteiger partial charge < -0.3 is 14.8 Å². The maximum absolute atomic E-state index is 13.0. The fraction of sp³-hybridized carbons (Fsp3) is 0.312. The Bertz CT molecular complexity index is 1030. The van der Waals surface area contributed by atoms with Crippen LogP contribution in [0.5, 0.6) is 0 Å². The number of aromatic nitrogens is 2. The molecule has 0 fully saturated rings. The molecule has 11 heteroatoms. The van der Waals surface area contributed by atoms with Crippen molar-refractivity contribution in [3.8, 4) is 6.07 Å². The minimum absolute atomic E-state index is 0.214. The summed E-state index contributed by atoms with van der Waals surface area (Å²) in [6.45, 7) is 1.39. The fourth-order valence-corrected chi connectivity index (χ4v) is 4.17. The van der Waals surface area contributed by atoms with Crippen LogP contribution in [0.2, 0.25) is 0 Å². The van der Waals surface area contributed by atoms with Crippen LogP contribution in [0.3, 0.4) is 0 Å². The van der Waals surface area contributed by atoms with Gasteiger partial charge in [0.25, 0.3) is 5.89 Å². The summed E-state index contributed by atoms with van der Waals surface area (Å²) < 4.78 is 45.7. The van der Waals surface area contributed by atoms with E-state index in [-0.39, 0.29) is 12.6 Å². The molecule has 3 aromatic rings. The van der Waals surface area contributed by atoms with E-state index < -0.39 is 24.1 Å². The molecule has 1 unspecified atom stereocenters. The fourth-order valence-electron chi connectivity index (χ4n) is 2.40. The summed E-state index contributed by atoms with van der Waals surface area (Å²) in [5, 5.41) is 29.4. The lowest BCUT2D eigenvalue weighted by molar-refractivity contribution is -0.275. The molecule has 0 spiro atoms. The highest BCUT2D eigenvalue weighted by Crippen LogP contribution is 2.41. The van der Waals surface area contributed by atoms with Gasteiger partial charge in [0.15, 0.2) is 0 Å². The molecule has 1 atom stereocenters. The van der Waals surface area contributed by atoms with E-state index in [4.69, 9.17) is 9.68 Å². The van der Waals surface area contributed by atoms with Crippen LogP contribution in [0.4, 0.5) is 19.2 Å². The van der Waals surface area contributed by atoms with Gasteiger partial charge in [-0.3, -0.25) is 0 Å². The molecule has 0 saturated carbocycles. The molecular weight excluding hydrogens is 449 g/mol. The maximum Gasteiger partial charge on any atom is 0.426 e. The van der Waals surface area contributed by atoms with E-state index in [0.29, 0.717) is 4.88 Å². The second kappa shape index (κ2) is 7.10. The Kier molecular flexibility index (Phi) is 5.16. The second-order valence-corrected chi connectivity index (χ2v) is 7.51. The molecule has 0 bridgehead atoms. The van der Waals surface area contributed by atoms with Gasteiger partial charge in [0, 0.05) is 16.6 Å². The molecular formula is C16H12BrF3N4O2S. The molecule has 6 nitrogen and oxygen atoms in total. The maximum atomic E-state index is 13.0. The number of hydrogen-bond acceptors (Lipinski definition) is 7. The first-order chi connectivity index (χ1) is 12.7. The highest BCUT2D eigenvalue weighted by molar-refractivity contribution is 9.10. The van der Waals surface area contributed by atoms with Crippen LogP contribution >= 0.6 is 27.3 Å². The average Bonchev–Trinajstić information content (AvgIpc) is 3.23. The average molecular weight is 461 g/mol. The van der Waals surface area contributed by atoms with E-state index in [1.54, 1.807) is 0 Å². The first kappa shape index (κ1) is 19.6. The molecule has 1 aromatic carbocycles. The standard InChI is InChI=1S/C16H12BrF3N4O2S/c1-2-15(25,16(18,19)20)13-23-24-14(26-13)22-7-8-3-4-9-10(5-8)27-11(6-21)12(9)17/h3-5,25H,2,7H2,1H3,(H,22,24). The number of halogens is 4. The predicted molar refractivity (Wildman–Crippen MR) is 96.1 cm³/mol. The minimum Gasteiger partial charge on any atom is -0.405 e. The molecule has 142 valence electrons. The van der Waals surface area contributed by atoms with Gasteiger partial charge in [-0.05, 0) is 34.0 Å². The molecule has 3 rings (SSSR count). The SMILES string of the molecule is CCC(O)(c1nnc(NCc2ccc3c(Br)c(C#N)sc3c2)o1)C(F)(F)F.